The van der Waals surface area contributed by atoms with Gasteiger partial charge in [0.15, 0.2) is 0 Å². The minimum absolute atomic E-state index is 0.858. The maximum absolute atomic E-state index is 4.85. The Labute approximate surface area is 148 Å². The van der Waals surface area contributed by atoms with Gasteiger partial charge in [0, 0.05) is 57.2 Å². The molecule has 2 aliphatic rings. The van der Waals surface area contributed by atoms with Gasteiger partial charge in [0.25, 0.3) is 0 Å². The van der Waals surface area contributed by atoms with Crippen molar-refractivity contribution in [3.05, 3.63) is 29.8 Å². The van der Waals surface area contributed by atoms with Crippen molar-refractivity contribution < 1.29 is 0 Å². The summed E-state index contributed by atoms with van der Waals surface area (Å²) in [6, 6.07) is 2.10. The largest absolute Gasteiger partial charge is 0.356 e. The van der Waals surface area contributed by atoms with Crippen LogP contribution in [0.25, 0.3) is 0 Å². The second kappa shape index (κ2) is 6.82. The van der Waals surface area contributed by atoms with Gasteiger partial charge in [0.1, 0.15) is 11.6 Å². The minimum Gasteiger partial charge on any atom is -0.356 e. The maximum atomic E-state index is 4.85. The normalized spacial score (nSPS) is 18.1. The molecule has 0 aromatic carbocycles. The van der Waals surface area contributed by atoms with E-state index in [9.17, 15) is 0 Å². The summed E-state index contributed by atoms with van der Waals surface area (Å²) in [4.78, 5) is 25.3. The first-order valence-electron chi connectivity index (χ1n) is 9.08. The number of anilines is 3. The number of aromatic nitrogens is 4. The van der Waals surface area contributed by atoms with Crippen molar-refractivity contribution in [1.29, 1.82) is 0 Å². The lowest BCUT2D eigenvalue weighted by Crippen LogP contribution is -2.47. The molecule has 25 heavy (non-hydrogen) atoms. The van der Waals surface area contributed by atoms with E-state index in [0.29, 0.717) is 0 Å². The molecule has 0 N–H and O–H groups in total. The first-order chi connectivity index (χ1) is 12.2. The summed E-state index contributed by atoms with van der Waals surface area (Å²) in [7, 11) is 0. The molecule has 2 aliphatic heterocycles. The SMILES string of the molecule is Cc1cncc(N2CCN(c3nc(C)cc(N4CCCC4)n3)CC2)n1. The van der Waals surface area contributed by atoms with Crippen molar-refractivity contribution in [2.24, 2.45) is 0 Å². The Morgan fingerprint density at radius 3 is 2.08 bits per heavy atom. The average Bonchev–Trinajstić information content (AvgIpc) is 3.16. The first-order valence-corrected chi connectivity index (χ1v) is 9.08. The van der Waals surface area contributed by atoms with E-state index in [1.807, 2.05) is 13.1 Å². The zero-order valence-electron chi connectivity index (χ0n) is 15.0. The van der Waals surface area contributed by atoms with Crippen molar-refractivity contribution >= 4 is 17.6 Å². The Morgan fingerprint density at radius 1 is 0.680 bits per heavy atom. The van der Waals surface area contributed by atoms with Crippen molar-refractivity contribution in [2.75, 3.05) is 54.0 Å². The van der Waals surface area contributed by atoms with Gasteiger partial charge in [-0.05, 0) is 26.7 Å². The molecule has 7 nitrogen and oxygen atoms in total. The van der Waals surface area contributed by atoms with Gasteiger partial charge >= 0.3 is 0 Å². The molecule has 0 unspecified atom stereocenters. The van der Waals surface area contributed by atoms with Crippen molar-refractivity contribution in [3.8, 4) is 0 Å². The van der Waals surface area contributed by atoms with Gasteiger partial charge in [-0.25, -0.2) is 9.97 Å². The van der Waals surface area contributed by atoms with E-state index in [1.54, 1.807) is 6.20 Å². The summed E-state index contributed by atoms with van der Waals surface area (Å²) >= 11 is 0. The third-order valence-electron chi connectivity index (χ3n) is 4.89. The van der Waals surface area contributed by atoms with Crippen LogP contribution in [0.2, 0.25) is 0 Å². The van der Waals surface area contributed by atoms with Gasteiger partial charge in [0.2, 0.25) is 5.95 Å². The molecule has 4 rings (SSSR count). The van der Waals surface area contributed by atoms with E-state index in [2.05, 4.69) is 42.6 Å². The van der Waals surface area contributed by atoms with Gasteiger partial charge in [-0.1, -0.05) is 0 Å². The number of nitrogens with zero attached hydrogens (tertiary/aromatic N) is 7. The second-order valence-electron chi connectivity index (χ2n) is 6.85. The molecule has 0 spiro atoms. The summed E-state index contributed by atoms with van der Waals surface area (Å²) in [5.41, 5.74) is 2.00. The Kier molecular flexibility index (Phi) is 4.38. The lowest BCUT2D eigenvalue weighted by molar-refractivity contribution is 0.631. The summed E-state index contributed by atoms with van der Waals surface area (Å²) in [5, 5.41) is 0. The van der Waals surface area contributed by atoms with Crippen molar-refractivity contribution in [1.82, 2.24) is 19.9 Å². The summed E-state index contributed by atoms with van der Waals surface area (Å²) < 4.78 is 0. The van der Waals surface area contributed by atoms with Crippen LogP contribution in [0.3, 0.4) is 0 Å². The smallest absolute Gasteiger partial charge is 0.227 e. The third kappa shape index (κ3) is 3.50. The number of hydrogen-bond donors (Lipinski definition) is 0. The predicted molar refractivity (Wildman–Crippen MR) is 99.4 cm³/mol. The van der Waals surface area contributed by atoms with Crippen LogP contribution in [0.1, 0.15) is 24.2 Å². The third-order valence-corrected chi connectivity index (χ3v) is 4.89. The molecule has 0 amide bonds. The van der Waals surface area contributed by atoms with Gasteiger partial charge < -0.3 is 14.7 Å². The van der Waals surface area contributed by atoms with E-state index in [0.717, 1.165) is 68.2 Å². The molecule has 2 fully saturated rings. The van der Waals surface area contributed by atoms with Crippen LogP contribution in [0.15, 0.2) is 18.5 Å². The van der Waals surface area contributed by atoms with Crippen LogP contribution in [0.4, 0.5) is 17.6 Å². The Hall–Kier alpha value is -2.44. The first kappa shape index (κ1) is 16.1. The fourth-order valence-corrected chi connectivity index (χ4v) is 3.52. The van der Waals surface area contributed by atoms with Crippen LogP contribution in [0, 0.1) is 13.8 Å². The standard InChI is InChI=1S/C18H25N7/c1-14-11-16(23-5-3-4-6-23)22-18(21-14)25-9-7-24(8-10-25)17-13-19-12-15(2)20-17/h11-13H,3-10H2,1-2H3. The molecule has 2 aromatic heterocycles. The molecule has 2 saturated heterocycles. The second-order valence-corrected chi connectivity index (χ2v) is 6.85. The van der Waals surface area contributed by atoms with Crippen LogP contribution in [0.5, 0.6) is 0 Å². The molecule has 0 bridgehead atoms. The Balaban J connectivity index is 1.47. The highest BCUT2D eigenvalue weighted by Gasteiger charge is 2.22. The summed E-state index contributed by atoms with van der Waals surface area (Å²) in [6.07, 6.45) is 6.15. The molecular weight excluding hydrogens is 314 g/mol. The predicted octanol–water partition coefficient (Wildman–Crippen LogP) is 1.81. The van der Waals surface area contributed by atoms with Crippen LogP contribution in [-0.4, -0.2) is 59.2 Å². The summed E-state index contributed by atoms with van der Waals surface area (Å²) in [6.45, 7) is 9.88. The van der Waals surface area contributed by atoms with Crippen LogP contribution >= 0.6 is 0 Å². The molecule has 2 aromatic rings. The molecule has 0 saturated carbocycles. The minimum atomic E-state index is 0.858. The van der Waals surface area contributed by atoms with Crippen LogP contribution in [-0.2, 0) is 0 Å². The highest BCUT2D eigenvalue weighted by atomic mass is 15.3. The lowest BCUT2D eigenvalue weighted by Gasteiger charge is -2.35. The molecular formula is C18H25N7. The Bertz CT molecular complexity index is 734. The molecule has 132 valence electrons. The van der Waals surface area contributed by atoms with E-state index >= 15 is 0 Å². The quantitative estimate of drug-likeness (QED) is 0.845. The zero-order valence-corrected chi connectivity index (χ0v) is 15.0. The van der Waals surface area contributed by atoms with Crippen molar-refractivity contribution in [3.63, 3.8) is 0 Å². The fourth-order valence-electron chi connectivity index (χ4n) is 3.52. The molecule has 4 heterocycles. The Morgan fingerprint density at radius 2 is 1.36 bits per heavy atom. The number of piperazine rings is 1. The lowest BCUT2D eigenvalue weighted by atomic mass is 10.3. The highest BCUT2D eigenvalue weighted by Crippen LogP contribution is 2.22. The zero-order chi connectivity index (χ0) is 17.2. The number of rotatable bonds is 3. The maximum Gasteiger partial charge on any atom is 0.227 e. The van der Waals surface area contributed by atoms with Crippen molar-refractivity contribution in [2.45, 2.75) is 26.7 Å². The van der Waals surface area contributed by atoms with Gasteiger partial charge in [0.05, 0.1) is 11.9 Å². The van der Waals surface area contributed by atoms with E-state index in [1.165, 1.54) is 12.8 Å². The summed E-state index contributed by atoms with van der Waals surface area (Å²) in [5.74, 6) is 2.89. The fraction of sp³-hybridized carbons (Fsp3) is 0.556. The average molecular weight is 339 g/mol. The van der Waals surface area contributed by atoms with Gasteiger partial charge in [-0.15, -0.1) is 0 Å². The molecule has 0 radical (unpaired) electrons. The topological polar surface area (TPSA) is 61.3 Å². The van der Waals surface area contributed by atoms with Crippen LogP contribution < -0.4 is 14.7 Å². The molecule has 7 heteroatoms. The molecule has 0 atom stereocenters. The van der Waals surface area contributed by atoms with E-state index in [4.69, 9.17) is 4.98 Å². The van der Waals surface area contributed by atoms with E-state index < -0.39 is 0 Å². The molecule has 0 aliphatic carbocycles. The van der Waals surface area contributed by atoms with E-state index in [-0.39, 0.29) is 0 Å². The number of aryl methyl sites for hydroxylation is 2. The van der Waals surface area contributed by atoms with Gasteiger partial charge in [-0.2, -0.15) is 4.98 Å². The monoisotopic (exact) mass is 339 g/mol. The van der Waals surface area contributed by atoms with Gasteiger partial charge in [-0.3, -0.25) is 4.98 Å². The highest BCUT2D eigenvalue weighted by molar-refractivity contribution is 5.48. The number of hydrogen-bond acceptors (Lipinski definition) is 7.